The molecule has 0 aliphatic carbocycles. The molecule has 0 saturated carbocycles. The van der Waals surface area contributed by atoms with E-state index in [1.807, 2.05) is 6.92 Å². The Morgan fingerprint density at radius 2 is 1.87 bits per heavy atom. The van der Waals surface area contributed by atoms with Crippen LogP contribution in [0.2, 0.25) is 0 Å². The second-order valence-electron chi connectivity index (χ2n) is 4.94. The highest BCUT2D eigenvalue weighted by Crippen LogP contribution is 2.12. The summed E-state index contributed by atoms with van der Waals surface area (Å²) in [6.07, 6.45) is 3.89. The molecule has 1 rings (SSSR count). The quantitative estimate of drug-likeness (QED) is 0.489. The highest BCUT2D eigenvalue weighted by molar-refractivity contribution is 4.94. The molecule has 0 N–H and O–H groups in total. The average molecular weight is 206 g/mol. The molecular weight excluding hydrogens is 182 g/mol. The van der Waals surface area contributed by atoms with E-state index in [9.17, 15) is 0 Å². The molecule has 1 aromatic rings. The molecule has 1 aromatic heterocycles. The monoisotopic (exact) mass is 206 g/mol. The number of rotatable bonds is 1. The molecule has 0 unspecified atom stereocenters. The molecule has 0 aromatic carbocycles. The lowest BCUT2D eigenvalue weighted by Crippen LogP contribution is -2.42. The minimum absolute atomic E-state index is 0.358. The van der Waals surface area contributed by atoms with Crippen molar-refractivity contribution in [2.24, 2.45) is 5.41 Å². The van der Waals surface area contributed by atoms with Crippen LogP contribution in [0.3, 0.4) is 0 Å². The lowest BCUT2D eigenvalue weighted by atomic mass is 9.96. The van der Waals surface area contributed by atoms with E-state index in [1.165, 1.54) is 5.69 Å². The Balaban J connectivity index is 0.000000583. The van der Waals surface area contributed by atoms with Crippen LogP contribution in [0.5, 0.6) is 0 Å². The van der Waals surface area contributed by atoms with Crippen LogP contribution in [0, 0.1) is 12.3 Å². The first kappa shape index (κ1) is 13.9. The first-order valence-electron chi connectivity index (χ1n) is 5.43. The Labute approximate surface area is 94.5 Å². The number of hydrogen-bond donors (Lipinski definition) is 0. The number of aromatic nitrogens is 1. The molecule has 0 bridgehead atoms. The first-order valence-corrected chi connectivity index (χ1v) is 5.43. The lowest BCUT2D eigenvalue weighted by Gasteiger charge is -2.14. The molecule has 0 spiro atoms. The third-order valence-electron chi connectivity index (χ3n) is 1.81. The maximum absolute atomic E-state index is 3.36. The predicted octanol–water partition coefficient (Wildman–Crippen LogP) is 3.52. The maximum atomic E-state index is 3.36. The summed E-state index contributed by atoms with van der Waals surface area (Å²) >= 11 is 0. The summed E-state index contributed by atoms with van der Waals surface area (Å²) < 4.78 is 2.29. The summed E-state index contributed by atoms with van der Waals surface area (Å²) in [6, 6.07) is 6.30. The number of aryl methyl sites for hydroxylation is 1. The molecule has 1 nitrogen and oxygen atoms in total. The van der Waals surface area contributed by atoms with Gasteiger partial charge in [0.15, 0.2) is 18.4 Å². The van der Waals surface area contributed by atoms with Crippen LogP contribution in [-0.4, -0.2) is 0 Å². The summed E-state index contributed by atoms with van der Waals surface area (Å²) in [5.41, 5.74) is 1.68. The van der Waals surface area contributed by atoms with Gasteiger partial charge in [0.05, 0.1) is 0 Å². The molecule has 1 heteroatoms. The van der Waals surface area contributed by atoms with Crippen molar-refractivity contribution in [2.75, 3.05) is 0 Å². The van der Waals surface area contributed by atoms with E-state index in [2.05, 4.69) is 63.2 Å². The summed E-state index contributed by atoms with van der Waals surface area (Å²) in [5, 5.41) is 0. The molecule has 15 heavy (non-hydrogen) atoms. The minimum atomic E-state index is 0.358. The highest BCUT2D eigenvalue weighted by atomic mass is 15.0. The normalized spacial score (nSPS) is 10.2. The molecule has 0 fully saturated rings. The van der Waals surface area contributed by atoms with E-state index in [-0.39, 0.29) is 0 Å². The smallest absolute Gasteiger partial charge is 0.178 e. The Morgan fingerprint density at radius 1 is 1.33 bits per heavy atom. The number of pyridine rings is 1. The average Bonchev–Trinajstić information content (AvgIpc) is 2.08. The van der Waals surface area contributed by atoms with E-state index < -0.39 is 0 Å². The Morgan fingerprint density at radius 3 is 2.27 bits per heavy atom. The number of allylic oxidation sites excluding steroid dienone is 1. The molecule has 0 aliphatic heterocycles. The zero-order valence-electron chi connectivity index (χ0n) is 10.7. The van der Waals surface area contributed by atoms with Crippen molar-refractivity contribution in [1.29, 1.82) is 0 Å². The van der Waals surface area contributed by atoms with Gasteiger partial charge in [-0.15, -0.1) is 6.58 Å². The van der Waals surface area contributed by atoms with Gasteiger partial charge in [0.25, 0.3) is 0 Å². The van der Waals surface area contributed by atoms with Crippen molar-refractivity contribution in [3.8, 4) is 0 Å². The molecule has 0 saturated heterocycles. The van der Waals surface area contributed by atoms with Gasteiger partial charge in [0, 0.05) is 24.5 Å². The second-order valence-corrected chi connectivity index (χ2v) is 4.94. The fourth-order valence-corrected chi connectivity index (χ4v) is 1.25. The minimum Gasteiger partial charge on any atom is -0.202 e. The zero-order valence-corrected chi connectivity index (χ0v) is 10.7. The van der Waals surface area contributed by atoms with Crippen molar-refractivity contribution in [2.45, 2.75) is 41.2 Å². The maximum Gasteiger partial charge on any atom is 0.178 e. The van der Waals surface area contributed by atoms with Crippen LogP contribution >= 0.6 is 0 Å². The van der Waals surface area contributed by atoms with Gasteiger partial charge < -0.3 is 0 Å². The molecule has 0 radical (unpaired) electrons. The Bertz CT molecular complexity index is 294. The van der Waals surface area contributed by atoms with Crippen LogP contribution in [0.1, 0.15) is 33.4 Å². The van der Waals surface area contributed by atoms with Crippen LogP contribution in [0.4, 0.5) is 0 Å². The molecule has 0 amide bonds. The van der Waals surface area contributed by atoms with Gasteiger partial charge in [-0.25, -0.2) is 4.57 Å². The van der Waals surface area contributed by atoms with E-state index in [4.69, 9.17) is 0 Å². The van der Waals surface area contributed by atoms with Gasteiger partial charge in [-0.1, -0.05) is 32.9 Å². The fourth-order valence-electron chi connectivity index (χ4n) is 1.25. The number of nitrogens with zero attached hydrogens (tertiary/aromatic N) is 1. The third kappa shape index (κ3) is 6.89. The molecule has 1 heterocycles. The van der Waals surface area contributed by atoms with Gasteiger partial charge in [-0.2, -0.15) is 0 Å². The topological polar surface area (TPSA) is 3.88 Å². The van der Waals surface area contributed by atoms with Crippen molar-refractivity contribution in [1.82, 2.24) is 0 Å². The van der Waals surface area contributed by atoms with Gasteiger partial charge in [0.1, 0.15) is 0 Å². The van der Waals surface area contributed by atoms with Crippen molar-refractivity contribution >= 4 is 0 Å². The largest absolute Gasteiger partial charge is 0.202 e. The summed E-state index contributed by atoms with van der Waals surface area (Å²) in [4.78, 5) is 0. The van der Waals surface area contributed by atoms with Crippen LogP contribution in [-0.2, 0) is 6.54 Å². The van der Waals surface area contributed by atoms with Crippen LogP contribution < -0.4 is 4.57 Å². The van der Waals surface area contributed by atoms with Gasteiger partial charge in [0.2, 0.25) is 0 Å². The van der Waals surface area contributed by atoms with Crippen LogP contribution in [0.15, 0.2) is 37.1 Å². The SMILES string of the molecule is C=CC.Cc1cccc[n+]1CC(C)(C)C. The summed E-state index contributed by atoms with van der Waals surface area (Å²) in [7, 11) is 0. The summed E-state index contributed by atoms with van der Waals surface area (Å²) in [6.45, 7) is 15.2. The number of hydrogen-bond acceptors (Lipinski definition) is 0. The fraction of sp³-hybridized carbons (Fsp3) is 0.500. The van der Waals surface area contributed by atoms with Crippen LogP contribution in [0.25, 0.3) is 0 Å². The van der Waals surface area contributed by atoms with Gasteiger partial charge in [-0.05, 0) is 6.92 Å². The molecule has 0 atom stereocenters. The first-order chi connectivity index (χ1) is 6.90. The van der Waals surface area contributed by atoms with Gasteiger partial charge >= 0.3 is 0 Å². The lowest BCUT2D eigenvalue weighted by molar-refractivity contribution is -0.713. The van der Waals surface area contributed by atoms with Crippen molar-refractivity contribution in [3.63, 3.8) is 0 Å². The molecule has 84 valence electrons. The molecule has 0 aliphatic rings. The highest BCUT2D eigenvalue weighted by Gasteiger charge is 2.17. The van der Waals surface area contributed by atoms with E-state index in [0.29, 0.717) is 5.41 Å². The second kappa shape index (κ2) is 6.39. The van der Waals surface area contributed by atoms with Crippen molar-refractivity contribution in [3.05, 3.63) is 42.7 Å². The molecular formula is C14H24N+. The Kier molecular flexibility index (Phi) is 5.92. The van der Waals surface area contributed by atoms with E-state index >= 15 is 0 Å². The predicted molar refractivity (Wildman–Crippen MR) is 66.7 cm³/mol. The van der Waals surface area contributed by atoms with Gasteiger partial charge in [-0.3, -0.25) is 0 Å². The summed E-state index contributed by atoms with van der Waals surface area (Å²) in [5.74, 6) is 0. The van der Waals surface area contributed by atoms with E-state index in [1.54, 1.807) is 6.08 Å². The standard InChI is InChI=1S/C11H18N.C3H6/c1-10-7-5-6-8-12(10)9-11(2,3)4;1-3-2/h5-8H,9H2,1-4H3;3H,1H2,2H3/q+1;. The Hall–Kier alpha value is -1.11. The zero-order chi connectivity index (χ0) is 11.9. The van der Waals surface area contributed by atoms with Crippen molar-refractivity contribution < 1.29 is 4.57 Å². The van der Waals surface area contributed by atoms with E-state index in [0.717, 1.165) is 6.54 Å². The third-order valence-corrected chi connectivity index (χ3v) is 1.81.